The highest BCUT2D eigenvalue weighted by atomic mass is 16.5. The van der Waals surface area contributed by atoms with Crippen LogP contribution in [-0.2, 0) is 4.74 Å². The second kappa shape index (κ2) is 3.35. The Kier molecular flexibility index (Phi) is 2.79. The van der Waals surface area contributed by atoms with E-state index in [1.165, 1.54) is 0 Å². The summed E-state index contributed by atoms with van der Waals surface area (Å²) in [6.45, 7) is 11.1. The fraction of sp³-hybridized carbons (Fsp3) is 1.00. The Bertz CT molecular complexity index is 148. The van der Waals surface area contributed by atoms with E-state index in [1.54, 1.807) is 0 Å². The standard InChI is InChI=1S/C10H21NO/c1-8(2)10(12-5)6-11(7-10)9(3)4/h8-9H,6-7H2,1-5H3. The predicted molar refractivity (Wildman–Crippen MR) is 51.3 cm³/mol. The molecule has 0 aromatic rings. The van der Waals surface area contributed by atoms with Gasteiger partial charge in [0.15, 0.2) is 0 Å². The molecule has 0 unspecified atom stereocenters. The third-order valence-corrected chi connectivity index (χ3v) is 3.13. The van der Waals surface area contributed by atoms with Crippen LogP contribution in [0.4, 0.5) is 0 Å². The molecule has 0 N–H and O–H groups in total. The molecule has 1 aliphatic rings. The zero-order valence-corrected chi connectivity index (χ0v) is 8.92. The van der Waals surface area contributed by atoms with Gasteiger partial charge in [0.2, 0.25) is 0 Å². The lowest BCUT2D eigenvalue weighted by atomic mass is 9.82. The molecule has 2 nitrogen and oxygen atoms in total. The maximum atomic E-state index is 5.57. The van der Waals surface area contributed by atoms with Crippen LogP contribution in [-0.4, -0.2) is 36.7 Å². The molecule has 1 aliphatic heterocycles. The van der Waals surface area contributed by atoms with Gasteiger partial charge < -0.3 is 4.74 Å². The van der Waals surface area contributed by atoms with Crippen LogP contribution in [0.15, 0.2) is 0 Å². The second-order valence-corrected chi connectivity index (χ2v) is 4.42. The Morgan fingerprint density at radius 2 is 1.67 bits per heavy atom. The lowest BCUT2D eigenvalue weighted by Crippen LogP contribution is -2.67. The van der Waals surface area contributed by atoms with E-state index >= 15 is 0 Å². The summed E-state index contributed by atoms with van der Waals surface area (Å²) in [5.41, 5.74) is 0.143. The fourth-order valence-electron chi connectivity index (χ4n) is 1.74. The third-order valence-electron chi connectivity index (χ3n) is 3.13. The topological polar surface area (TPSA) is 12.5 Å². The van der Waals surface area contributed by atoms with Crippen LogP contribution in [0.3, 0.4) is 0 Å². The summed E-state index contributed by atoms with van der Waals surface area (Å²) in [5.74, 6) is 0.623. The van der Waals surface area contributed by atoms with Gasteiger partial charge in [-0.1, -0.05) is 13.8 Å². The molecule has 0 atom stereocenters. The first-order valence-corrected chi connectivity index (χ1v) is 4.81. The van der Waals surface area contributed by atoms with E-state index in [-0.39, 0.29) is 5.60 Å². The van der Waals surface area contributed by atoms with Crippen molar-refractivity contribution in [1.29, 1.82) is 0 Å². The maximum absolute atomic E-state index is 5.57. The largest absolute Gasteiger partial charge is 0.375 e. The van der Waals surface area contributed by atoms with Crippen LogP contribution >= 0.6 is 0 Å². The Balaban J connectivity index is 2.46. The number of ether oxygens (including phenoxy) is 1. The van der Waals surface area contributed by atoms with Gasteiger partial charge in [-0.3, -0.25) is 4.90 Å². The van der Waals surface area contributed by atoms with Gasteiger partial charge in [0, 0.05) is 26.2 Å². The number of hydrogen-bond acceptors (Lipinski definition) is 2. The SMILES string of the molecule is COC1(C(C)C)CN(C(C)C)C1. The molecule has 0 bridgehead atoms. The van der Waals surface area contributed by atoms with Crippen LogP contribution in [0.1, 0.15) is 27.7 Å². The average molecular weight is 171 g/mol. The number of nitrogens with zero attached hydrogens (tertiary/aromatic N) is 1. The molecule has 0 radical (unpaired) electrons. The Hall–Kier alpha value is -0.0800. The molecule has 12 heavy (non-hydrogen) atoms. The second-order valence-electron chi connectivity index (χ2n) is 4.42. The molecule has 0 aromatic carbocycles. The van der Waals surface area contributed by atoms with Crippen molar-refractivity contribution in [2.24, 2.45) is 5.92 Å². The van der Waals surface area contributed by atoms with Crippen molar-refractivity contribution in [3.05, 3.63) is 0 Å². The van der Waals surface area contributed by atoms with Crippen molar-refractivity contribution in [3.63, 3.8) is 0 Å². The molecule has 0 amide bonds. The Morgan fingerprint density at radius 3 is 1.92 bits per heavy atom. The zero-order chi connectivity index (χ0) is 9.35. The molecule has 1 saturated heterocycles. The van der Waals surface area contributed by atoms with Crippen molar-refractivity contribution in [2.45, 2.75) is 39.3 Å². The first-order chi connectivity index (χ1) is 5.52. The highest BCUT2D eigenvalue weighted by Crippen LogP contribution is 2.33. The molecule has 0 spiro atoms. The van der Waals surface area contributed by atoms with Crippen LogP contribution in [0.25, 0.3) is 0 Å². The minimum absolute atomic E-state index is 0.143. The van der Waals surface area contributed by atoms with E-state index in [1.807, 2.05) is 7.11 Å². The molecule has 0 aromatic heterocycles. The molecule has 1 fully saturated rings. The van der Waals surface area contributed by atoms with Crippen LogP contribution in [0.2, 0.25) is 0 Å². The van der Waals surface area contributed by atoms with E-state index in [9.17, 15) is 0 Å². The molecule has 1 rings (SSSR count). The minimum atomic E-state index is 0.143. The first kappa shape index (κ1) is 10.0. The van der Waals surface area contributed by atoms with Crippen molar-refractivity contribution < 1.29 is 4.74 Å². The van der Waals surface area contributed by atoms with Crippen molar-refractivity contribution in [1.82, 2.24) is 4.90 Å². The Labute approximate surface area is 75.9 Å². The molecular weight excluding hydrogens is 150 g/mol. The van der Waals surface area contributed by atoms with E-state index in [0.29, 0.717) is 12.0 Å². The summed E-state index contributed by atoms with van der Waals surface area (Å²) in [4.78, 5) is 2.45. The number of methoxy groups -OCH3 is 1. The lowest BCUT2D eigenvalue weighted by molar-refractivity contribution is -0.160. The zero-order valence-electron chi connectivity index (χ0n) is 8.92. The van der Waals surface area contributed by atoms with Gasteiger partial charge in [0.25, 0.3) is 0 Å². The summed E-state index contributed by atoms with van der Waals surface area (Å²) < 4.78 is 5.57. The maximum Gasteiger partial charge on any atom is 0.0953 e. The lowest BCUT2D eigenvalue weighted by Gasteiger charge is -2.53. The smallest absolute Gasteiger partial charge is 0.0953 e. The molecule has 0 saturated carbocycles. The highest BCUT2D eigenvalue weighted by Gasteiger charge is 2.46. The van der Waals surface area contributed by atoms with Crippen molar-refractivity contribution in [2.75, 3.05) is 20.2 Å². The quantitative estimate of drug-likeness (QED) is 0.641. The highest BCUT2D eigenvalue weighted by molar-refractivity contribution is 5.00. The summed E-state index contributed by atoms with van der Waals surface area (Å²) in [5, 5.41) is 0. The number of hydrogen-bond donors (Lipinski definition) is 0. The van der Waals surface area contributed by atoms with Gasteiger partial charge in [0.05, 0.1) is 5.60 Å². The van der Waals surface area contributed by atoms with Crippen LogP contribution in [0.5, 0.6) is 0 Å². The minimum Gasteiger partial charge on any atom is -0.375 e. The molecule has 2 heteroatoms. The van der Waals surface area contributed by atoms with Crippen LogP contribution in [0, 0.1) is 5.92 Å². The summed E-state index contributed by atoms with van der Waals surface area (Å²) in [6, 6.07) is 0.659. The van der Waals surface area contributed by atoms with Crippen molar-refractivity contribution >= 4 is 0 Å². The van der Waals surface area contributed by atoms with Gasteiger partial charge in [-0.15, -0.1) is 0 Å². The molecule has 1 heterocycles. The van der Waals surface area contributed by atoms with Gasteiger partial charge >= 0.3 is 0 Å². The van der Waals surface area contributed by atoms with Crippen LogP contribution < -0.4 is 0 Å². The van der Waals surface area contributed by atoms with E-state index in [0.717, 1.165) is 13.1 Å². The molecular formula is C10H21NO. The van der Waals surface area contributed by atoms with Gasteiger partial charge in [0.1, 0.15) is 0 Å². The van der Waals surface area contributed by atoms with E-state index < -0.39 is 0 Å². The van der Waals surface area contributed by atoms with Gasteiger partial charge in [-0.05, 0) is 19.8 Å². The number of rotatable bonds is 3. The summed E-state index contributed by atoms with van der Waals surface area (Å²) >= 11 is 0. The molecule has 72 valence electrons. The summed E-state index contributed by atoms with van der Waals surface area (Å²) in [6.07, 6.45) is 0. The summed E-state index contributed by atoms with van der Waals surface area (Å²) in [7, 11) is 1.83. The van der Waals surface area contributed by atoms with Crippen molar-refractivity contribution in [3.8, 4) is 0 Å². The normalized spacial score (nSPS) is 23.2. The van der Waals surface area contributed by atoms with Gasteiger partial charge in [-0.25, -0.2) is 0 Å². The first-order valence-electron chi connectivity index (χ1n) is 4.81. The van der Waals surface area contributed by atoms with Gasteiger partial charge in [-0.2, -0.15) is 0 Å². The Morgan fingerprint density at radius 1 is 1.17 bits per heavy atom. The predicted octanol–water partition coefficient (Wildman–Crippen LogP) is 1.75. The number of likely N-dealkylation sites (tertiary alicyclic amines) is 1. The monoisotopic (exact) mass is 171 g/mol. The fourth-order valence-corrected chi connectivity index (χ4v) is 1.74. The van der Waals surface area contributed by atoms with E-state index in [2.05, 4.69) is 32.6 Å². The van der Waals surface area contributed by atoms with E-state index in [4.69, 9.17) is 4.74 Å². The third kappa shape index (κ3) is 1.50. The molecule has 0 aliphatic carbocycles. The average Bonchev–Trinajstić information content (AvgIpc) is 1.84.